The van der Waals surface area contributed by atoms with Crippen molar-refractivity contribution in [1.29, 1.82) is 0 Å². The lowest BCUT2D eigenvalue weighted by Gasteiger charge is -2.44. The number of anilines is 2. The third-order valence-corrected chi connectivity index (χ3v) is 22.5. The highest BCUT2D eigenvalue weighted by molar-refractivity contribution is 7.90. The number of amides is 2. The summed E-state index contributed by atoms with van der Waals surface area (Å²) >= 11 is 0. The van der Waals surface area contributed by atoms with E-state index in [0.29, 0.717) is 77.0 Å². The maximum Gasteiger partial charge on any atom is 0.275 e. The van der Waals surface area contributed by atoms with Crippen molar-refractivity contribution < 1.29 is 37.0 Å². The number of piperidine rings is 2. The maximum atomic E-state index is 13.7. The standard InChI is InChI=1S/C42H50N6O6S.C35H44N6O4/c1-28-7-13-35(14-8-28)55(51,52)48-20-17-36-38(27-44(5)42(50)41(36)48)37-24-43-40(23-39(37)53-6)45-18-15-33(16-19-45)32-9-11-34(12-10-32)54-22-21-47-29(2)25-46(31(4)49)26-30(47)3;1-23-20-40(25(3)42)21-24(2)41(23)16-17-45-28-8-6-26(7-9-28)27-11-14-39(15-12-27)33-18-32(44-5)30(19-37-33)31-22-38(4)35(43)34-29(31)10-13-36-34/h7-14,17,20,23-24,27,29-30,33H,15-16,18-19,21-22,25-26H2,1-6H3;6-10,13,18-19,22-24,27,36H,11-12,14-17,20-21H2,1-5H3/t29-,30+;23-,24+. The summed E-state index contributed by atoms with van der Waals surface area (Å²) in [6.45, 7) is 23.3. The number of aryl methyl sites for hydroxylation is 3. The van der Waals surface area contributed by atoms with Gasteiger partial charge in [-0.15, -0.1) is 0 Å². The summed E-state index contributed by atoms with van der Waals surface area (Å²) in [6, 6.07) is 32.4. The molecular weight excluding hydrogens is 1280 g/mol. The lowest BCUT2D eigenvalue weighted by Crippen LogP contribution is -2.58. The molecule has 4 saturated heterocycles. The van der Waals surface area contributed by atoms with E-state index in [4.69, 9.17) is 28.9 Å². The van der Waals surface area contributed by atoms with Gasteiger partial charge in [-0.3, -0.25) is 29.0 Å². The fourth-order valence-electron chi connectivity index (χ4n) is 15.2. The van der Waals surface area contributed by atoms with Gasteiger partial charge < -0.3 is 52.7 Å². The summed E-state index contributed by atoms with van der Waals surface area (Å²) in [5.41, 5.74) is 6.82. The number of pyridine rings is 4. The summed E-state index contributed by atoms with van der Waals surface area (Å²) in [7, 11) is 2.63. The molecule has 1 N–H and O–H groups in total. The largest absolute Gasteiger partial charge is 0.496 e. The zero-order valence-electron chi connectivity index (χ0n) is 59.4. The lowest BCUT2D eigenvalue weighted by atomic mass is 9.89. The molecule has 6 aromatic heterocycles. The molecule has 528 valence electrons. The van der Waals surface area contributed by atoms with Gasteiger partial charge >= 0.3 is 0 Å². The van der Waals surface area contributed by atoms with Gasteiger partial charge in [0.1, 0.15) is 58.9 Å². The molecule has 22 nitrogen and oxygen atoms in total. The number of hydrogen-bond donors (Lipinski definition) is 1. The Bertz CT molecular complexity index is 4610. The van der Waals surface area contributed by atoms with E-state index in [1.807, 2.05) is 47.3 Å². The van der Waals surface area contributed by atoms with Crippen LogP contribution in [0, 0.1) is 6.92 Å². The molecule has 13 rings (SSSR count). The van der Waals surface area contributed by atoms with Crippen molar-refractivity contribution in [2.75, 3.05) is 103 Å². The first-order chi connectivity index (χ1) is 48.1. The molecule has 100 heavy (non-hydrogen) atoms. The normalized spacial score (nSPS) is 19.0. The zero-order valence-corrected chi connectivity index (χ0v) is 60.2. The number of carbonyl (C=O) groups excluding carboxylic acids is 2. The highest BCUT2D eigenvalue weighted by Crippen LogP contribution is 2.40. The Kier molecular flexibility index (Phi) is 21.2. The molecule has 0 bridgehead atoms. The summed E-state index contributed by atoms with van der Waals surface area (Å²) in [4.78, 5) is 75.8. The number of aromatic nitrogens is 6. The second-order valence-corrected chi connectivity index (χ2v) is 29.3. The van der Waals surface area contributed by atoms with Crippen LogP contribution in [-0.4, -0.2) is 185 Å². The van der Waals surface area contributed by atoms with Crippen LogP contribution in [0.25, 0.3) is 44.1 Å². The van der Waals surface area contributed by atoms with Gasteiger partial charge in [-0.25, -0.2) is 22.4 Å². The summed E-state index contributed by atoms with van der Waals surface area (Å²) < 4.78 is 55.4. The molecule has 0 saturated carbocycles. The average molecular weight is 1380 g/mol. The monoisotopic (exact) mass is 1380 g/mol. The molecule has 0 spiro atoms. The Balaban J connectivity index is 0.000000193. The first-order valence-electron chi connectivity index (χ1n) is 34.8. The minimum Gasteiger partial charge on any atom is -0.496 e. The lowest BCUT2D eigenvalue weighted by molar-refractivity contribution is -0.134. The average Bonchev–Trinajstić information content (AvgIpc) is 1.56. The van der Waals surface area contributed by atoms with Gasteiger partial charge in [0.15, 0.2) is 0 Å². The second-order valence-electron chi connectivity index (χ2n) is 27.4. The van der Waals surface area contributed by atoms with Gasteiger partial charge in [-0.05, 0) is 132 Å². The quantitative estimate of drug-likeness (QED) is 0.0845. The van der Waals surface area contributed by atoms with Crippen molar-refractivity contribution in [3.8, 4) is 45.3 Å². The van der Waals surface area contributed by atoms with Crippen LogP contribution in [0.4, 0.5) is 11.6 Å². The first kappa shape index (κ1) is 70.4. The summed E-state index contributed by atoms with van der Waals surface area (Å²) in [5.74, 6) is 5.98. The van der Waals surface area contributed by atoms with E-state index >= 15 is 0 Å². The fourth-order valence-corrected chi connectivity index (χ4v) is 16.5. The summed E-state index contributed by atoms with van der Waals surface area (Å²) in [5, 5.41) is 1.36. The second kappa shape index (κ2) is 30.2. The van der Waals surface area contributed by atoms with E-state index in [0.717, 1.165) is 146 Å². The number of rotatable bonds is 18. The fraction of sp³-hybridized carbons (Fsp3) is 0.429. The highest BCUT2D eigenvalue weighted by Gasteiger charge is 2.33. The van der Waals surface area contributed by atoms with Crippen LogP contribution in [0.15, 0.2) is 149 Å². The molecule has 4 fully saturated rings. The SMILES string of the molecule is COc1cc(N2CCC(c3ccc(OCCN4[C@H](C)CN(C(C)=O)C[C@@H]4C)cc3)CC2)ncc1-c1cn(C)c(=O)c2[nH]ccc12.COc1cc(N2CCC(c3ccc(OCCN4[C@H](C)CN(C(C)=O)C[C@@H]4C)cc3)CC2)ncc1-c1cn(C)c(=O)c2c1ccn2S(=O)(=O)c1ccc(C)cc1. The molecule has 9 aromatic rings. The minimum atomic E-state index is -4.02. The number of benzene rings is 3. The van der Waals surface area contributed by atoms with Crippen LogP contribution in [0.5, 0.6) is 23.0 Å². The van der Waals surface area contributed by atoms with Crippen LogP contribution in [0.2, 0.25) is 0 Å². The Morgan fingerprint density at radius 1 is 0.560 bits per heavy atom. The Morgan fingerprint density at radius 2 is 0.990 bits per heavy atom. The predicted octanol–water partition coefficient (Wildman–Crippen LogP) is 10.3. The molecule has 0 aliphatic carbocycles. The van der Waals surface area contributed by atoms with Crippen LogP contribution < -0.4 is 39.9 Å². The van der Waals surface area contributed by atoms with Gasteiger partial charge in [0.05, 0.1) is 19.1 Å². The number of methoxy groups -OCH3 is 2. The molecule has 0 radical (unpaired) electrons. The maximum absolute atomic E-state index is 13.7. The third-order valence-electron chi connectivity index (χ3n) is 20.9. The molecule has 23 heteroatoms. The minimum absolute atomic E-state index is 0.0614. The topological polar surface area (TPSA) is 215 Å². The van der Waals surface area contributed by atoms with Crippen LogP contribution in [0.1, 0.15) is 95.8 Å². The van der Waals surface area contributed by atoms with Crippen molar-refractivity contribution in [3.63, 3.8) is 0 Å². The molecule has 4 atom stereocenters. The number of nitrogens with one attached hydrogen (secondary N) is 1. The number of ether oxygens (including phenoxy) is 4. The Hall–Kier alpha value is -9.45. The Labute approximate surface area is 585 Å². The van der Waals surface area contributed by atoms with Crippen LogP contribution >= 0.6 is 0 Å². The number of nitrogens with zero attached hydrogens (tertiary/aromatic N) is 11. The van der Waals surface area contributed by atoms with Crippen molar-refractivity contribution in [3.05, 3.63) is 172 Å². The molecule has 0 unspecified atom stereocenters. The van der Waals surface area contributed by atoms with E-state index in [1.54, 1.807) is 95.7 Å². The molecular formula is C77H94N12O10S. The van der Waals surface area contributed by atoms with Crippen LogP contribution in [0.3, 0.4) is 0 Å². The number of carbonyl (C=O) groups is 2. The van der Waals surface area contributed by atoms with Gasteiger partial charge in [0, 0.05) is 200 Å². The molecule has 10 heterocycles. The molecule has 3 aromatic carbocycles. The Morgan fingerprint density at radius 3 is 1.42 bits per heavy atom. The predicted molar refractivity (Wildman–Crippen MR) is 392 cm³/mol. The first-order valence-corrected chi connectivity index (χ1v) is 36.3. The van der Waals surface area contributed by atoms with Gasteiger partial charge in [-0.2, -0.15) is 0 Å². The molecule has 2 amide bonds. The molecule has 4 aliphatic heterocycles. The number of hydrogen-bond acceptors (Lipinski definition) is 16. The van der Waals surface area contributed by atoms with E-state index in [9.17, 15) is 27.6 Å². The number of aromatic amines is 1. The number of fused-ring (bicyclic) bond motifs is 2. The highest BCUT2D eigenvalue weighted by atomic mass is 32.2. The van der Waals surface area contributed by atoms with Gasteiger partial charge in [0.2, 0.25) is 11.8 Å². The van der Waals surface area contributed by atoms with Crippen molar-refractivity contribution in [2.45, 2.75) is 115 Å². The van der Waals surface area contributed by atoms with Crippen molar-refractivity contribution >= 4 is 55.3 Å². The number of piperazine rings is 2. The van der Waals surface area contributed by atoms with Crippen molar-refractivity contribution in [1.82, 2.24) is 47.7 Å². The zero-order chi connectivity index (χ0) is 70.7. The number of H-pyrrole nitrogens is 1. The van der Waals surface area contributed by atoms with Crippen LogP contribution in [-0.2, 0) is 33.7 Å². The smallest absolute Gasteiger partial charge is 0.275 e. The van der Waals surface area contributed by atoms with E-state index < -0.39 is 15.6 Å². The van der Waals surface area contributed by atoms with Gasteiger partial charge in [0.25, 0.3) is 21.1 Å². The van der Waals surface area contributed by atoms with Crippen molar-refractivity contribution in [2.24, 2.45) is 14.1 Å². The third kappa shape index (κ3) is 14.9. The van der Waals surface area contributed by atoms with Gasteiger partial charge in [-0.1, -0.05) is 42.0 Å². The van der Waals surface area contributed by atoms with E-state index in [2.05, 4.69) is 101 Å². The van der Waals surface area contributed by atoms with E-state index in [1.165, 1.54) is 21.9 Å². The van der Waals surface area contributed by atoms with E-state index in [-0.39, 0.29) is 27.8 Å². The molecule has 4 aliphatic rings. The summed E-state index contributed by atoms with van der Waals surface area (Å²) in [6.07, 6.45) is 14.4.